The largest absolute Gasteiger partial charge is 0.327 e. The number of nitrogens with zero attached hydrogens (tertiary/aromatic N) is 3. The van der Waals surface area contributed by atoms with Crippen LogP contribution in [0, 0.1) is 5.82 Å². The summed E-state index contributed by atoms with van der Waals surface area (Å²) < 4.78 is 15.7. The van der Waals surface area contributed by atoms with Crippen molar-refractivity contribution >= 4 is 34.2 Å². The molecule has 0 fully saturated rings. The first-order valence-corrected chi connectivity index (χ1v) is 8.14. The molecule has 3 nitrogen and oxygen atoms in total. The van der Waals surface area contributed by atoms with Crippen LogP contribution in [0.2, 0.25) is 5.02 Å². The highest BCUT2D eigenvalue weighted by Gasteiger charge is 2.13. The second kappa shape index (κ2) is 7.43. The molecule has 0 aliphatic heterocycles. The lowest BCUT2D eigenvalue weighted by Crippen LogP contribution is -2.25. The van der Waals surface area contributed by atoms with Gasteiger partial charge in [0.25, 0.3) is 0 Å². The van der Waals surface area contributed by atoms with Crippen molar-refractivity contribution in [2.24, 2.45) is 0 Å². The Labute approximate surface area is 134 Å². The number of aryl methyl sites for hydroxylation is 1. The standard InChI is InChI=1S/C15H20Cl2FN3/c1-3-20(4-2)6-5-7-21-14-9-12(18)11(17)8-13(14)19-15(21)10-16/h8-9H,3-7,10H2,1-2H3. The van der Waals surface area contributed by atoms with Crippen molar-refractivity contribution in [2.45, 2.75) is 32.7 Å². The Hall–Kier alpha value is -0.840. The number of hydrogen-bond donors (Lipinski definition) is 0. The molecular formula is C15H20Cl2FN3. The molecule has 6 heteroatoms. The lowest BCUT2D eigenvalue weighted by Gasteiger charge is -2.18. The van der Waals surface area contributed by atoms with E-state index in [9.17, 15) is 4.39 Å². The molecule has 0 amide bonds. The predicted octanol–water partition coefficient (Wildman–Crippen LogP) is 4.30. The van der Waals surface area contributed by atoms with Gasteiger partial charge in [0, 0.05) is 12.6 Å². The Morgan fingerprint density at radius 2 is 2.00 bits per heavy atom. The first-order chi connectivity index (χ1) is 10.1. The highest BCUT2D eigenvalue weighted by Crippen LogP contribution is 2.24. The summed E-state index contributed by atoms with van der Waals surface area (Å²) in [5.74, 6) is 0.641. The minimum absolute atomic E-state index is 0.0939. The Bertz CT molecular complexity index is 608. The van der Waals surface area contributed by atoms with Crippen LogP contribution < -0.4 is 0 Å². The molecule has 2 aromatic rings. The van der Waals surface area contributed by atoms with Crippen LogP contribution in [0.3, 0.4) is 0 Å². The second-order valence-electron chi connectivity index (χ2n) is 4.95. The summed E-state index contributed by atoms with van der Waals surface area (Å²) in [6.07, 6.45) is 0.973. The molecule has 116 valence electrons. The molecular weight excluding hydrogens is 312 g/mol. The first-order valence-electron chi connectivity index (χ1n) is 7.23. The van der Waals surface area contributed by atoms with E-state index in [0.29, 0.717) is 11.4 Å². The highest BCUT2D eigenvalue weighted by molar-refractivity contribution is 6.31. The van der Waals surface area contributed by atoms with Gasteiger partial charge in [0.1, 0.15) is 11.6 Å². The maximum atomic E-state index is 13.7. The number of alkyl halides is 1. The molecule has 0 aliphatic carbocycles. The molecule has 2 rings (SSSR count). The second-order valence-corrected chi connectivity index (χ2v) is 5.62. The number of benzene rings is 1. The van der Waals surface area contributed by atoms with Crippen molar-refractivity contribution in [3.05, 3.63) is 28.8 Å². The first kappa shape index (κ1) is 16.5. The quantitative estimate of drug-likeness (QED) is 0.705. The fourth-order valence-corrected chi connectivity index (χ4v) is 2.88. The van der Waals surface area contributed by atoms with E-state index >= 15 is 0 Å². The van der Waals surface area contributed by atoms with Crippen LogP contribution >= 0.6 is 23.2 Å². The third-order valence-electron chi connectivity index (χ3n) is 3.74. The summed E-state index contributed by atoms with van der Waals surface area (Å²) in [6.45, 7) is 8.15. The van der Waals surface area contributed by atoms with Crippen LogP contribution in [0.5, 0.6) is 0 Å². The zero-order valence-corrected chi connectivity index (χ0v) is 13.9. The number of imidazole rings is 1. The third kappa shape index (κ3) is 3.68. The fourth-order valence-electron chi connectivity index (χ4n) is 2.51. The average Bonchev–Trinajstić information content (AvgIpc) is 2.81. The fraction of sp³-hybridized carbons (Fsp3) is 0.533. The Balaban J connectivity index is 2.23. The van der Waals surface area contributed by atoms with Gasteiger partial charge in [0.05, 0.1) is 21.9 Å². The van der Waals surface area contributed by atoms with Crippen LogP contribution in [0.4, 0.5) is 4.39 Å². The number of halogens is 3. The van der Waals surface area contributed by atoms with Crippen LogP contribution in [-0.4, -0.2) is 34.1 Å². The third-order valence-corrected chi connectivity index (χ3v) is 4.27. The van der Waals surface area contributed by atoms with E-state index in [-0.39, 0.29) is 5.02 Å². The molecule has 0 spiro atoms. The van der Waals surface area contributed by atoms with Crippen molar-refractivity contribution in [2.75, 3.05) is 19.6 Å². The molecule has 0 atom stereocenters. The van der Waals surface area contributed by atoms with Gasteiger partial charge in [-0.15, -0.1) is 11.6 Å². The molecule has 1 aromatic carbocycles. The van der Waals surface area contributed by atoms with E-state index in [2.05, 4.69) is 23.7 Å². The monoisotopic (exact) mass is 331 g/mol. The van der Waals surface area contributed by atoms with Gasteiger partial charge in [-0.3, -0.25) is 0 Å². The minimum atomic E-state index is -0.421. The summed E-state index contributed by atoms with van der Waals surface area (Å²) in [5.41, 5.74) is 1.45. The minimum Gasteiger partial charge on any atom is -0.327 e. The van der Waals surface area contributed by atoms with Gasteiger partial charge in [-0.2, -0.15) is 0 Å². The summed E-state index contributed by atoms with van der Waals surface area (Å²) >= 11 is 11.8. The van der Waals surface area contributed by atoms with Gasteiger partial charge in [0.15, 0.2) is 0 Å². The number of aromatic nitrogens is 2. The Morgan fingerprint density at radius 1 is 1.29 bits per heavy atom. The Kier molecular flexibility index (Phi) is 5.85. The molecule has 21 heavy (non-hydrogen) atoms. The van der Waals surface area contributed by atoms with Crippen molar-refractivity contribution in [1.82, 2.24) is 14.5 Å². The van der Waals surface area contributed by atoms with Crippen molar-refractivity contribution < 1.29 is 4.39 Å². The zero-order chi connectivity index (χ0) is 15.4. The van der Waals surface area contributed by atoms with E-state index in [4.69, 9.17) is 23.2 Å². The average molecular weight is 332 g/mol. The highest BCUT2D eigenvalue weighted by atomic mass is 35.5. The zero-order valence-electron chi connectivity index (χ0n) is 12.4. The molecule has 0 unspecified atom stereocenters. The molecule has 0 aliphatic rings. The van der Waals surface area contributed by atoms with E-state index in [1.807, 2.05) is 4.57 Å². The Morgan fingerprint density at radius 3 is 2.62 bits per heavy atom. The van der Waals surface area contributed by atoms with Crippen molar-refractivity contribution in [3.8, 4) is 0 Å². The van der Waals surface area contributed by atoms with Gasteiger partial charge >= 0.3 is 0 Å². The van der Waals surface area contributed by atoms with Gasteiger partial charge in [-0.05, 0) is 32.1 Å². The van der Waals surface area contributed by atoms with Gasteiger partial charge in [0.2, 0.25) is 0 Å². The van der Waals surface area contributed by atoms with Gasteiger partial charge in [-0.25, -0.2) is 9.37 Å². The maximum Gasteiger partial charge on any atom is 0.144 e. The van der Waals surface area contributed by atoms with E-state index in [0.717, 1.165) is 43.9 Å². The van der Waals surface area contributed by atoms with Crippen molar-refractivity contribution in [3.63, 3.8) is 0 Å². The van der Waals surface area contributed by atoms with E-state index in [1.165, 1.54) is 6.07 Å². The molecule has 0 saturated heterocycles. The SMILES string of the molecule is CCN(CC)CCCn1c(CCl)nc2cc(Cl)c(F)cc21. The lowest BCUT2D eigenvalue weighted by molar-refractivity contribution is 0.293. The van der Waals surface area contributed by atoms with Crippen LogP contribution in [0.25, 0.3) is 11.0 Å². The van der Waals surface area contributed by atoms with Crippen LogP contribution in [0.15, 0.2) is 12.1 Å². The number of fused-ring (bicyclic) bond motifs is 1. The molecule has 0 N–H and O–H groups in total. The smallest absolute Gasteiger partial charge is 0.144 e. The summed E-state index contributed by atoms with van der Waals surface area (Å²) in [5, 5.41) is 0.0939. The predicted molar refractivity (Wildman–Crippen MR) is 86.7 cm³/mol. The van der Waals surface area contributed by atoms with Gasteiger partial charge in [-0.1, -0.05) is 25.4 Å². The van der Waals surface area contributed by atoms with Crippen molar-refractivity contribution in [1.29, 1.82) is 0 Å². The molecule has 1 aromatic heterocycles. The molecule has 0 saturated carbocycles. The summed E-state index contributed by atoms with van der Waals surface area (Å²) in [7, 11) is 0. The lowest BCUT2D eigenvalue weighted by atomic mass is 10.3. The van der Waals surface area contributed by atoms with E-state index in [1.54, 1.807) is 6.07 Å². The normalized spacial score (nSPS) is 11.7. The van der Waals surface area contributed by atoms with Gasteiger partial charge < -0.3 is 9.47 Å². The molecule has 0 radical (unpaired) electrons. The maximum absolute atomic E-state index is 13.7. The molecule has 0 bridgehead atoms. The van der Waals surface area contributed by atoms with Crippen LogP contribution in [0.1, 0.15) is 26.1 Å². The topological polar surface area (TPSA) is 21.1 Å². The summed E-state index contributed by atoms with van der Waals surface area (Å²) in [6, 6.07) is 3.00. The molecule has 1 heterocycles. The number of rotatable bonds is 7. The van der Waals surface area contributed by atoms with Crippen LogP contribution in [-0.2, 0) is 12.4 Å². The number of hydrogen-bond acceptors (Lipinski definition) is 2. The van der Waals surface area contributed by atoms with E-state index < -0.39 is 5.82 Å². The summed E-state index contributed by atoms with van der Waals surface area (Å²) in [4.78, 5) is 6.80.